The lowest BCUT2D eigenvalue weighted by Crippen LogP contribution is -2.15. The topological polar surface area (TPSA) is 61.3 Å². The Hall–Kier alpha value is -1.52. The molecule has 0 amide bonds. The molecule has 4 nitrogen and oxygen atoms in total. The quantitative estimate of drug-likeness (QED) is 0.914. The van der Waals surface area contributed by atoms with Crippen molar-refractivity contribution in [3.63, 3.8) is 0 Å². The third-order valence-corrected chi connectivity index (χ3v) is 3.75. The fourth-order valence-corrected chi connectivity index (χ4v) is 2.71. The lowest BCUT2D eigenvalue weighted by Gasteiger charge is -2.20. The number of benzene rings is 1. The highest BCUT2D eigenvalue weighted by atomic mass is 35.5. The largest absolute Gasteiger partial charge is 0.381 e. The van der Waals surface area contributed by atoms with E-state index < -0.39 is 0 Å². The third kappa shape index (κ3) is 2.33. The van der Waals surface area contributed by atoms with E-state index in [1.807, 2.05) is 24.3 Å². The van der Waals surface area contributed by atoms with Gasteiger partial charge in [-0.1, -0.05) is 35.0 Å². The van der Waals surface area contributed by atoms with Gasteiger partial charge in [-0.15, -0.1) is 0 Å². The van der Waals surface area contributed by atoms with Crippen LogP contribution in [0.1, 0.15) is 24.5 Å². The van der Waals surface area contributed by atoms with Crippen molar-refractivity contribution in [3.05, 3.63) is 35.0 Å². The Labute approximate surface area is 116 Å². The number of aromatic nitrogens is 1. The van der Waals surface area contributed by atoms with Crippen LogP contribution in [0, 0.1) is 0 Å². The predicted molar refractivity (Wildman–Crippen MR) is 74.2 cm³/mol. The van der Waals surface area contributed by atoms with Crippen LogP contribution >= 0.6 is 11.6 Å². The zero-order chi connectivity index (χ0) is 13.2. The molecule has 0 bridgehead atoms. The van der Waals surface area contributed by atoms with Crippen molar-refractivity contribution in [2.75, 3.05) is 18.9 Å². The molecular weight excluding hydrogens is 264 g/mol. The molecule has 0 aliphatic carbocycles. The zero-order valence-corrected chi connectivity index (χ0v) is 11.2. The highest BCUT2D eigenvalue weighted by Crippen LogP contribution is 2.40. The van der Waals surface area contributed by atoms with Crippen LogP contribution in [0.2, 0.25) is 5.02 Å². The summed E-state index contributed by atoms with van der Waals surface area (Å²) in [5.74, 6) is 1.36. The van der Waals surface area contributed by atoms with Crippen molar-refractivity contribution >= 4 is 17.4 Å². The first kappa shape index (κ1) is 12.5. The summed E-state index contributed by atoms with van der Waals surface area (Å²) >= 11 is 6.24. The van der Waals surface area contributed by atoms with E-state index in [1.54, 1.807) is 0 Å². The second-order valence-electron chi connectivity index (χ2n) is 4.70. The van der Waals surface area contributed by atoms with Gasteiger partial charge in [0.25, 0.3) is 0 Å². The Morgan fingerprint density at radius 3 is 2.89 bits per heavy atom. The van der Waals surface area contributed by atoms with Gasteiger partial charge in [-0.25, -0.2) is 0 Å². The van der Waals surface area contributed by atoms with Crippen LogP contribution < -0.4 is 5.73 Å². The second kappa shape index (κ2) is 5.23. The van der Waals surface area contributed by atoms with E-state index >= 15 is 0 Å². The average Bonchev–Trinajstić information content (AvgIpc) is 2.82. The molecule has 100 valence electrons. The van der Waals surface area contributed by atoms with Gasteiger partial charge in [0.15, 0.2) is 11.6 Å². The van der Waals surface area contributed by atoms with Gasteiger partial charge >= 0.3 is 0 Å². The van der Waals surface area contributed by atoms with Gasteiger partial charge in [-0.3, -0.25) is 0 Å². The van der Waals surface area contributed by atoms with Crippen molar-refractivity contribution in [3.8, 4) is 11.1 Å². The number of anilines is 1. The first-order valence-electron chi connectivity index (χ1n) is 6.35. The summed E-state index contributed by atoms with van der Waals surface area (Å²) < 4.78 is 10.9. The smallest absolute Gasteiger partial charge is 0.175 e. The van der Waals surface area contributed by atoms with Crippen molar-refractivity contribution in [2.45, 2.75) is 18.8 Å². The lowest BCUT2D eigenvalue weighted by molar-refractivity contribution is 0.0723. The number of rotatable bonds is 2. The minimum atomic E-state index is 0.199. The molecule has 3 rings (SSSR count). The Morgan fingerprint density at radius 2 is 2.16 bits per heavy atom. The Balaban J connectivity index is 2.06. The first-order valence-corrected chi connectivity index (χ1v) is 6.73. The molecule has 5 heteroatoms. The molecule has 1 aromatic heterocycles. The van der Waals surface area contributed by atoms with Gasteiger partial charge in [0, 0.05) is 23.1 Å². The molecule has 19 heavy (non-hydrogen) atoms. The van der Waals surface area contributed by atoms with E-state index in [1.165, 1.54) is 0 Å². The highest BCUT2D eigenvalue weighted by Gasteiger charge is 2.27. The maximum absolute atomic E-state index is 6.24. The summed E-state index contributed by atoms with van der Waals surface area (Å²) in [5.41, 5.74) is 7.62. The van der Waals surface area contributed by atoms with Gasteiger partial charge in [0.05, 0.1) is 12.2 Å². The third-order valence-electron chi connectivity index (χ3n) is 3.42. The molecule has 0 radical (unpaired) electrons. The molecular formula is C14H15ClN2O2. The lowest BCUT2D eigenvalue weighted by atomic mass is 9.93. The zero-order valence-electron chi connectivity index (χ0n) is 10.4. The fourth-order valence-electron chi connectivity index (χ4n) is 2.48. The van der Waals surface area contributed by atoms with Crippen molar-refractivity contribution in [1.29, 1.82) is 0 Å². The number of nitrogen functional groups attached to an aromatic ring is 1. The normalized spacial score (nSPS) is 19.5. The molecule has 1 atom stereocenters. The molecule has 2 heterocycles. The monoisotopic (exact) mass is 278 g/mol. The molecule has 1 fully saturated rings. The molecule has 1 saturated heterocycles. The Kier molecular flexibility index (Phi) is 3.44. The summed E-state index contributed by atoms with van der Waals surface area (Å²) in [6.07, 6.45) is 2.04. The van der Waals surface area contributed by atoms with Gasteiger partial charge in [-0.2, -0.15) is 0 Å². The molecule has 1 aliphatic heterocycles. The summed E-state index contributed by atoms with van der Waals surface area (Å²) in [7, 11) is 0. The molecule has 0 saturated carbocycles. The van der Waals surface area contributed by atoms with Gasteiger partial charge in [-0.05, 0) is 18.9 Å². The van der Waals surface area contributed by atoms with E-state index in [-0.39, 0.29) is 5.92 Å². The van der Waals surface area contributed by atoms with Crippen LogP contribution in [0.15, 0.2) is 28.8 Å². The second-order valence-corrected chi connectivity index (χ2v) is 5.11. The number of nitrogens with two attached hydrogens (primary N) is 1. The van der Waals surface area contributed by atoms with Crippen molar-refractivity contribution < 1.29 is 9.26 Å². The summed E-state index contributed by atoms with van der Waals surface area (Å²) in [6, 6.07) is 7.58. The minimum absolute atomic E-state index is 0.199. The molecule has 2 N–H and O–H groups in total. The van der Waals surface area contributed by atoms with E-state index in [0.717, 1.165) is 36.3 Å². The SMILES string of the molecule is Nc1noc(C2CCCOC2)c1-c1ccccc1Cl. The molecule has 2 aromatic rings. The Bertz CT molecular complexity index is 577. The molecule has 1 aromatic carbocycles. The van der Waals surface area contributed by atoms with E-state index in [4.69, 9.17) is 26.6 Å². The number of nitrogens with zero attached hydrogens (tertiary/aromatic N) is 1. The standard InChI is InChI=1S/C14H15ClN2O2/c15-11-6-2-1-5-10(11)12-13(19-17-14(12)16)9-4-3-7-18-8-9/h1-2,5-6,9H,3-4,7-8H2,(H2,16,17). The van der Waals surface area contributed by atoms with Crippen LogP contribution in [0.4, 0.5) is 5.82 Å². The summed E-state index contributed by atoms with van der Waals surface area (Å²) in [6.45, 7) is 1.45. The first-order chi connectivity index (χ1) is 9.27. The fraction of sp³-hybridized carbons (Fsp3) is 0.357. The maximum Gasteiger partial charge on any atom is 0.175 e. The van der Waals surface area contributed by atoms with Crippen LogP contribution in [0.3, 0.4) is 0 Å². The van der Waals surface area contributed by atoms with Gasteiger partial charge < -0.3 is 15.0 Å². The van der Waals surface area contributed by atoms with Gasteiger partial charge in [0.1, 0.15) is 0 Å². The summed E-state index contributed by atoms with van der Waals surface area (Å²) in [5, 5.41) is 4.55. The Morgan fingerprint density at radius 1 is 1.32 bits per heavy atom. The molecule has 1 aliphatic rings. The van der Waals surface area contributed by atoms with Crippen LogP contribution in [0.5, 0.6) is 0 Å². The van der Waals surface area contributed by atoms with E-state index in [0.29, 0.717) is 17.4 Å². The van der Waals surface area contributed by atoms with E-state index in [2.05, 4.69) is 5.16 Å². The maximum atomic E-state index is 6.24. The van der Waals surface area contributed by atoms with Crippen LogP contribution in [0.25, 0.3) is 11.1 Å². The number of halogens is 1. The summed E-state index contributed by atoms with van der Waals surface area (Å²) in [4.78, 5) is 0. The van der Waals surface area contributed by atoms with Gasteiger partial charge in [0.2, 0.25) is 0 Å². The van der Waals surface area contributed by atoms with Crippen LogP contribution in [-0.4, -0.2) is 18.4 Å². The number of hydrogen-bond donors (Lipinski definition) is 1. The predicted octanol–water partition coefficient (Wildman–Crippen LogP) is 3.47. The van der Waals surface area contributed by atoms with E-state index in [9.17, 15) is 0 Å². The van der Waals surface area contributed by atoms with Crippen molar-refractivity contribution in [1.82, 2.24) is 5.16 Å². The number of hydrogen-bond acceptors (Lipinski definition) is 4. The molecule has 0 spiro atoms. The number of ether oxygens (including phenoxy) is 1. The van der Waals surface area contributed by atoms with Crippen molar-refractivity contribution in [2.24, 2.45) is 0 Å². The minimum Gasteiger partial charge on any atom is -0.381 e. The average molecular weight is 279 g/mol. The molecule has 1 unspecified atom stereocenters. The van der Waals surface area contributed by atoms with Crippen LogP contribution in [-0.2, 0) is 4.74 Å². The highest BCUT2D eigenvalue weighted by molar-refractivity contribution is 6.33.